The Hall–Kier alpha value is -3.59. The molecule has 0 aromatic heterocycles. The van der Waals surface area contributed by atoms with Gasteiger partial charge in [0.2, 0.25) is 0 Å². The predicted octanol–water partition coefficient (Wildman–Crippen LogP) is 9.60. The van der Waals surface area contributed by atoms with Crippen LogP contribution in [0.15, 0.2) is 102 Å². The summed E-state index contributed by atoms with van der Waals surface area (Å²) < 4.78 is 99.4. The number of benzene rings is 4. The van der Waals surface area contributed by atoms with Crippen molar-refractivity contribution in [3.8, 4) is 0 Å². The monoisotopic (exact) mass is 621 g/mol. The summed E-state index contributed by atoms with van der Waals surface area (Å²) in [5.41, 5.74) is -2.50. The fraction of sp³-hybridized carbons (Fsp3) is 0.161. The van der Waals surface area contributed by atoms with Gasteiger partial charge in [-0.15, -0.1) is 0 Å². The highest BCUT2D eigenvalue weighted by atomic mass is 79.9. The van der Waals surface area contributed by atoms with E-state index in [9.17, 15) is 30.7 Å². The van der Waals surface area contributed by atoms with Gasteiger partial charge < -0.3 is 5.32 Å². The number of halogens is 8. The van der Waals surface area contributed by atoms with Crippen LogP contribution in [-0.4, -0.2) is 0 Å². The summed E-state index contributed by atoms with van der Waals surface area (Å²) in [5, 5.41) is 3.14. The van der Waals surface area contributed by atoms with Crippen molar-refractivity contribution in [2.45, 2.75) is 31.0 Å². The molecule has 9 heteroatoms. The number of nitrogens with one attached hydrogen (secondary N) is 1. The lowest BCUT2D eigenvalue weighted by atomic mass is 9.77. The van der Waals surface area contributed by atoms with E-state index in [1.165, 1.54) is 6.07 Å². The van der Waals surface area contributed by atoms with Crippen LogP contribution < -0.4 is 5.32 Å². The Morgan fingerprint density at radius 3 is 2.08 bits per heavy atom. The summed E-state index contributed by atoms with van der Waals surface area (Å²) in [6.45, 7) is 4.52. The molecule has 0 fully saturated rings. The van der Waals surface area contributed by atoms with E-state index in [2.05, 4.69) is 27.8 Å². The summed E-state index contributed by atoms with van der Waals surface area (Å²) in [6, 6.07) is 20.8. The summed E-state index contributed by atoms with van der Waals surface area (Å²) in [6.07, 6.45) is -4.83. The molecule has 4 rings (SSSR count). The van der Waals surface area contributed by atoms with E-state index in [0.29, 0.717) is 28.6 Å². The summed E-state index contributed by atoms with van der Waals surface area (Å²) in [5.74, 6) is -5.73. The van der Waals surface area contributed by atoms with Crippen molar-refractivity contribution >= 4 is 21.6 Å². The van der Waals surface area contributed by atoms with Crippen LogP contribution in [0.4, 0.5) is 30.7 Å². The van der Waals surface area contributed by atoms with E-state index in [-0.39, 0.29) is 23.2 Å². The molecule has 1 atom stereocenters. The molecule has 1 N–H and O–H groups in total. The number of hydrogen-bond donors (Lipinski definition) is 1. The fourth-order valence-corrected chi connectivity index (χ4v) is 4.99. The standard InChI is InChI=1S/C31H23BrF7N/c1-19(21-11-12-28(34)27(13-21)29(2,35)36)40-30(18-20-7-4-3-5-8-20,22-9-6-10-25(32)15-22)23-14-24(31(37,38)39)17-26(33)16-23/h3-17,40H,1,18H2,2H3. The zero-order chi connectivity index (χ0) is 29.3. The van der Waals surface area contributed by atoms with Crippen molar-refractivity contribution in [1.82, 2.24) is 5.32 Å². The second-order valence-electron chi connectivity index (χ2n) is 9.49. The highest BCUT2D eigenvalue weighted by Crippen LogP contribution is 2.40. The minimum Gasteiger partial charge on any atom is -0.371 e. The van der Waals surface area contributed by atoms with E-state index in [1.807, 2.05) is 0 Å². The molecule has 40 heavy (non-hydrogen) atoms. The number of hydrogen-bond acceptors (Lipinski definition) is 1. The summed E-state index contributed by atoms with van der Waals surface area (Å²) >= 11 is 3.39. The van der Waals surface area contributed by atoms with Crippen molar-refractivity contribution in [2.24, 2.45) is 0 Å². The molecule has 4 aromatic carbocycles. The third-order valence-corrected chi connectivity index (χ3v) is 6.99. The Morgan fingerprint density at radius 1 is 0.775 bits per heavy atom. The molecule has 0 heterocycles. The SMILES string of the molecule is C=C(NC(Cc1ccccc1)(c1cccc(Br)c1)c1cc(F)cc(C(F)(F)F)c1)c1ccc(F)c(C(C)(F)F)c1. The maximum Gasteiger partial charge on any atom is 0.416 e. The van der Waals surface area contributed by atoms with Gasteiger partial charge in [-0.3, -0.25) is 0 Å². The second-order valence-corrected chi connectivity index (χ2v) is 10.4. The smallest absolute Gasteiger partial charge is 0.371 e. The Balaban J connectivity index is 1.99. The molecule has 0 saturated carbocycles. The van der Waals surface area contributed by atoms with E-state index in [0.717, 1.165) is 24.3 Å². The lowest BCUT2D eigenvalue weighted by molar-refractivity contribution is -0.137. The van der Waals surface area contributed by atoms with E-state index >= 15 is 0 Å². The number of alkyl halides is 5. The van der Waals surface area contributed by atoms with Crippen LogP contribution in [0, 0.1) is 11.6 Å². The molecule has 1 unspecified atom stereocenters. The van der Waals surface area contributed by atoms with Crippen LogP contribution in [0.1, 0.15) is 40.3 Å². The van der Waals surface area contributed by atoms with Crippen molar-refractivity contribution in [3.05, 3.63) is 147 Å². The first-order chi connectivity index (χ1) is 18.7. The first kappa shape index (κ1) is 29.4. The molecule has 0 aliphatic rings. The fourth-order valence-electron chi connectivity index (χ4n) is 4.59. The highest BCUT2D eigenvalue weighted by molar-refractivity contribution is 9.10. The average Bonchev–Trinajstić information content (AvgIpc) is 2.87. The van der Waals surface area contributed by atoms with Gasteiger partial charge in [-0.25, -0.2) is 17.6 Å². The molecule has 4 aromatic rings. The van der Waals surface area contributed by atoms with Crippen LogP contribution in [0.2, 0.25) is 0 Å². The van der Waals surface area contributed by atoms with E-state index < -0.39 is 40.4 Å². The van der Waals surface area contributed by atoms with Crippen molar-refractivity contribution < 1.29 is 30.7 Å². The Kier molecular flexibility index (Phi) is 8.17. The lowest BCUT2D eigenvalue weighted by Gasteiger charge is -2.39. The Morgan fingerprint density at radius 2 is 1.45 bits per heavy atom. The number of rotatable bonds is 8. The minimum atomic E-state index is -4.85. The van der Waals surface area contributed by atoms with Crippen molar-refractivity contribution in [2.75, 3.05) is 0 Å². The van der Waals surface area contributed by atoms with Crippen LogP contribution in [0.25, 0.3) is 5.70 Å². The van der Waals surface area contributed by atoms with E-state index in [1.54, 1.807) is 54.6 Å². The van der Waals surface area contributed by atoms with Gasteiger partial charge in [-0.1, -0.05) is 65.0 Å². The third-order valence-electron chi connectivity index (χ3n) is 6.50. The highest BCUT2D eigenvalue weighted by Gasteiger charge is 2.39. The molecule has 0 aliphatic heterocycles. The van der Waals surface area contributed by atoms with Crippen LogP contribution in [0.3, 0.4) is 0 Å². The first-order valence-corrected chi connectivity index (χ1v) is 12.8. The second kappa shape index (κ2) is 11.1. The van der Waals surface area contributed by atoms with Gasteiger partial charge in [0.15, 0.2) is 0 Å². The van der Waals surface area contributed by atoms with E-state index in [4.69, 9.17) is 0 Å². The van der Waals surface area contributed by atoms with Gasteiger partial charge >= 0.3 is 6.18 Å². The predicted molar refractivity (Wildman–Crippen MR) is 145 cm³/mol. The Labute approximate surface area is 235 Å². The molecular weight excluding hydrogens is 599 g/mol. The quantitative estimate of drug-likeness (QED) is 0.193. The molecule has 0 radical (unpaired) electrons. The minimum absolute atomic E-state index is 0.0132. The average molecular weight is 622 g/mol. The van der Waals surface area contributed by atoms with Crippen molar-refractivity contribution in [3.63, 3.8) is 0 Å². The van der Waals surface area contributed by atoms with Crippen LogP contribution >= 0.6 is 15.9 Å². The van der Waals surface area contributed by atoms with Gasteiger partial charge in [0.25, 0.3) is 5.92 Å². The summed E-state index contributed by atoms with van der Waals surface area (Å²) in [4.78, 5) is 0. The molecule has 0 bridgehead atoms. The molecule has 0 saturated heterocycles. The van der Waals surface area contributed by atoms with Gasteiger partial charge in [-0.2, -0.15) is 13.2 Å². The molecule has 0 spiro atoms. The van der Waals surface area contributed by atoms with Crippen LogP contribution in [-0.2, 0) is 24.1 Å². The molecule has 0 aliphatic carbocycles. The molecule has 1 nitrogen and oxygen atoms in total. The summed E-state index contributed by atoms with van der Waals surface area (Å²) in [7, 11) is 0. The zero-order valence-electron chi connectivity index (χ0n) is 21.1. The molecule has 208 valence electrons. The maximum atomic E-state index is 14.8. The largest absolute Gasteiger partial charge is 0.416 e. The molecule has 0 amide bonds. The normalized spacial score (nSPS) is 13.5. The lowest BCUT2D eigenvalue weighted by Crippen LogP contribution is -2.44. The Bertz CT molecular complexity index is 1530. The topological polar surface area (TPSA) is 12.0 Å². The van der Waals surface area contributed by atoms with Gasteiger partial charge in [0.1, 0.15) is 11.6 Å². The third kappa shape index (κ3) is 6.41. The van der Waals surface area contributed by atoms with Gasteiger partial charge in [0, 0.05) is 23.5 Å². The van der Waals surface area contributed by atoms with Crippen LogP contribution in [0.5, 0.6) is 0 Å². The first-order valence-electron chi connectivity index (χ1n) is 12.0. The zero-order valence-corrected chi connectivity index (χ0v) is 22.7. The maximum absolute atomic E-state index is 14.8. The van der Waals surface area contributed by atoms with Crippen molar-refractivity contribution in [1.29, 1.82) is 0 Å². The molecular formula is C31H23BrF7N. The van der Waals surface area contributed by atoms with Gasteiger partial charge in [0.05, 0.1) is 16.7 Å². The van der Waals surface area contributed by atoms with Gasteiger partial charge in [-0.05, 0) is 70.8 Å².